The van der Waals surface area contributed by atoms with Crippen LogP contribution < -0.4 is 10.9 Å². The summed E-state index contributed by atoms with van der Waals surface area (Å²) in [5, 5.41) is 3.81. The molecule has 0 aliphatic heterocycles. The van der Waals surface area contributed by atoms with Crippen LogP contribution in [0.2, 0.25) is 0 Å². The molecule has 4 rings (SSSR count). The fourth-order valence-corrected chi connectivity index (χ4v) is 4.61. The molecule has 0 spiro atoms. The van der Waals surface area contributed by atoms with Gasteiger partial charge in [0, 0.05) is 16.8 Å². The van der Waals surface area contributed by atoms with Gasteiger partial charge in [-0.2, -0.15) is 0 Å². The van der Waals surface area contributed by atoms with E-state index in [1.165, 1.54) is 22.2 Å². The quantitative estimate of drug-likeness (QED) is 0.573. The van der Waals surface area contributed by atoms with Crippen molar-refractivity contribution in [1.29, 1.82) is 0 Å². The molecule has 142 valence electrons. The first-order valence-corrected chi connectivity index (χ1v) is 9.93. The number of amides is 1. The number of fused-ring (bicyclic) bond motifs is 3. The van der Waals surface area contributed by atoms with Crippen LogP contribution in [0, 0.1) is 13.8 Å². The number of thiophene rings is 1. The molecule has 1 aromatic carbocycles. The predicted octanol–water partition coefficient (Wildman–Crippen LogP) is 3.82. The highest BCUT2D eigenvalue weighted by molar-refractivity contribution is 7.25. The van der Waals surface area contributed by atoms with Crippen LogP contribution in [0.15, 0.2) is 41.5 Å². The maximum atomic E-state index is 12.9. The van der Waals surface area contributed by atoms with Gasteiger partial charge in [0.05, 0.1) is 11.8 Å². The van der Waals surface area contributed by atoms with Crippen molar-refractivity contribution >= 4 is 43.4 Å². The lowest BCUT2D eigenvalue weighted by molar-refractivity contribution is -0.116. The van der Waals surface area contributed by atoms with Crippen molar-refractivity contribution in [2.45, 2.75) is 33.7 Å². The SMILES string of the molecule is CCc1ccccc1NC(=O)Cn1cnc2c(sc3nc(C)cc(C)c32)c1=O. The third kappa shape index (κ3) is 3.18. The number of hydrogen-bond donors (Lipinski definition) is 1. The summed E-state index contributed by atoms with van der Waals surface area (Å²) in [6, 6.07) is 9.65. The van der Waals surface area contributed by atoms with E-state index in [-0.39, 0.29) is 18.0 Å². The first-order chi connectivity index (χ1) is 13.5. The van der Waals surface area contributed by atoms with Crippen molar-refractivity contribution in [2.75, 3.05) is 5.32 Å². The van der Waals surface area contributed by atoms with Crippen LogP contribution in [0.5, 0.6) is 0 Å². The zero-order chi connectivity index (χ0) is 19.8. The van der Waals surface area contributed by atoms with Crippen molar-refractivity contribution in [3.05, 3.63) is 63.8 Å². The summed E-state index contributed by atoms with van der Waals surface area (Å²) in [5.74, 6) is -0.254. The number of carbonyl (C=O) groups is 1. The largest absolute Gasteiger partial charge is 0.324 e. The van der Waals surface area contributed by atoms with E-state index in [9.17, 15) is 9.59 Å². The van der Waals surface area contributed by atoms with Crippen molar-refractivity contribution in [2.24, 2.45) is 0 Å². The monoisotopic (exact) mass is 392 g/mol. The zero-order valence-corrected chi connectivity index (χ0v) is 16.8. The van der Waals surface area contributed by atoms with Gasteiger partial charge >= 0.3 is 0 Å². The normalized spacial score (nSPS) is 11.2. The lowest BCUT2D eigenvalue weighted by Gasteiger charge is -2.10. The van der Waals surface area contributed by atoms with Gasteiger partial charge < -0.3 is 5.32 Å². The number of benzene rings is 1. The third-order valence-electron chi connectivity index (χ3n) is 4.73. The Kier molecular flexibility index (Phi) is 4.68. The van der Waals surface area contributed by atoms with E-state index in [4.69, 9.17) is 0 Å². The van der Waals surface area contributed by atoms with Crippen LogP contribution in [0.4, 0.5) is 5.69 Å². The average Bonchev–Trinajstić information content (AvgIpc) is 3.04. The van der Waals surface area contributed by atoms with Gasteiger partial charge in [-0.05, 0) is 43.5 Å². The van der Waals surface area contributed by atoms with E-state index in [2.05, 4.69) is 15.3 Å². The van der Waals surface area contributed by atoms with Crippen molar-refractivity contribution in [1.82, 2.24) is 14.5 Å². The Balaban J connectivity index is 1.69. The molecule has 0 saturated carbocycles. The van der Waals surface area contributed by atoms with Crippen LogP contribution in [0.3, 0.4) is 0 Å². The van der Waals surface area contributed by atoms with Crippen molar-refractivity contribution < 1.29 is 4.79 Å². The number of rotatable bonds is 4. The summed E-state index contributed by atoms with van der Waals surface area (Å²) in [6.07, 6.45) is 2.26. The molecule has 0 radical (unpaired) electrons. The molecular formula is C21H20N4O2S. The predicted molar refractivity (Wildman–Crippen MR) is 113 cm³/mol. The highest BCUT2D eigenvalue weighted by Gasteiger charge is 2.16. The number of pyridine rings is 1. The first kappa shape index (κ1) is 18.3. The number of para-hydroxylation sites is 1. The summed E-state index contributed by atoms with van der Waals surface area (Å²) >= 11 is 1.33. The van der Waals surface area contributed by atoms with Gasteiger partial charge in [-0.1, -0.05) is 25.1 Å². The van der Waals surface area contributed by atoms with Crippen molar-refractivity contribution in [3.8, 4) is 0 Å². The zero-order valence-electron chi connectivity index (χ0n) is 15.9. The Labute approximate surface area is 165 Å². The van der Waals surface area contributed by atoms with Gasteiger partial charge in [-0.3, -0.25) is 14.2 Å². The summed E-state index contributed by atoms with van der Waals surface area (Å²) < 4.78 is 1.88. The molecule has 0 bridgehead atoms. The standard InChI is InChI=1S/C21H20N4O2S/c1-4-14-7-5-6-8-15(14)24-16(26)10-25-11-22-18-17-12(2)9-13(3)23-20(17)28-19(18)21(25)27/h5-9,11H,4,10H2,1-3H3,(H,24,26). The molecule has 6 nitrogen and oxygen atoms in total. The summed E-state index contributed by atoms with van der Waals surface area (Å²) in [7, 11) is 0. The Morgan fingerprint density at radius 2 is 2.04 bits per heavy atom. The molecule has 0 aliphatic rings. The molecule has 0 unspecified atom stereocenters. The fourth-order valence-electron chi connectivity index (χ4n) is 3.41. The van der Waals surface area contributed by atoms with E-state index >= 15 is 0 Å². The topological polar surface area (TPSA) is 76.9 Å². The lowest BCUT2D eigenvalue weighted by Crippen LogP contribution is -2.27. The van der Waals surface area contributed by atoms with Gasteiger partial charge in [0.1, 0.15) is 16.1 Å². The molecule has 0 aliphatic carbocycles. The minimum absolute atomic E-state index is 0.0838. The van der Waals surface area contributed by atoms with E-state index in [0.717, 1.165) is 39.1 Å². The number of aromatic nitrogens is 3. The minimum Gasteiger partial charge on any atom is -0.324 e. The third-order valence-corrected chi connectivity index (χ3v) is 5.79. The van der Waals surface area contributed by atoms with Gasteiger partial charge in [0.15, 0.2) is 0 Å². The van der Waals surface area contributed by atoms with Crippen LogP contribution in [0.1, 0.15) is 23.7 Å². The fraction of sp³-hybridized carbons (Fsp3) is 0.238. The Bertz CT molecular complexity index is 1270. The highest BCUT2D eigenvalue weighted by Crippen LogP contribution is 2.31. The number of anilines is 1. The number of aryl methyl sites for hydroxylation is 3. The van der Waals surface area contributed by atoms with E-state index in [1.54, 1.807) is 0 Å². The molecule has 3 heterocycles. The van der Waals surface area contributed by atoms with Crippen LogP contribution in [-0.2, 0) is 17.8 Å². The molecule has 3 aromatic heterocycles. The maximum Gasteiger partial charge on any atom is 0.271 e. The van der Waals surface area contributed by atoms with E-state index in [1.807, 2.05) is 51.1 Å². The van der Waals surface area contributed by atoms with Crippen LogP contribution >= 0.6 is 11.3 Å². The smallest absolute Gasteiger partial charge is 0.271 e. The Morgan fingerprint density at radius 1 is 1.25 bits per heavy atom. The number of carbonyl (C=O) groups excluding carboxylic acids is 1. The second kappa shape index (κ2) is 7.16. The molecule has 28 heavy (non-hydrogen) atoms. The molecule has 1 N–H and O–H groups in total. The summed E-state index contributed by atoms with van der Waals surface area (Å²) in [4.78, 5) is 35.2. The number of nitrogens with zero attached hydrogens (tertiary/aromatic N) is 3. The molecule has 7 heteroatoms. The second-order valence-electron chi connectivity index (χ2n) is 6.78. The Morgan fingerprint density at radius 3 is 2.82 bits per heavy atom. The minimum atomic E-state index is -0.254. The number of hydrogen-bond acceptors (Lipinski definition) is 5. The van der Waals surface area contributed by atoms with Gasteiger partial charge in [0.2, 0.25) is 5.91 Å². The van der Waals surface area contributed by atoms with Crippen molar-refractivity contribution in [3.63, 3.8) is 0 Å². The van der Waals surface area contributed by atoms with E-state index < -0.39 is 0 Å². The summed E-state index contributed by atoms with van der Waals surface area (Å²) in [6.45, 7) is 5.88. The van der Waals surface area contributed by atoms with Gasteiger partial charge in [-0.15, -0.1) is 11.3 Å². The molecule has 0 saturated heterocycles. The number of nitrogens with one attached hydrogen (secondary N) is 1. The maximum absolute atomic E-state index is 12.9. The Hall–Kier alpha value is -3.06. The molecule has 0 atom stereocenters. The first-order valence-electron chi connectivity index (χ1n) is 9.11. The molecule has 0 fully saturated rings. The molecule has 1 amide bonds. The van der Waals surface area contributed by atoms with Crippen LogP contribution in [0.25, 0.3) is 20.4 Å². The molecule has 4 aromatic rings. The highest BCUT2D eigenvalue weighted by atomic mass is 32.1. The van der Waals surface area contributed by atoms with Gasteiger partial charge in [0.25, 0.3) is 5.56 Å². The second-order valence-corrected chi connectivity index (χ2v) is 7.78. The lowest BCUT2D eigenvalue weighted by atomic mass is 10.1. The summed E-state index contributed by atoms with van der Waals surface area (Å²) in [5.41, 5.74) is 4.22. The van der Waals surface area contributed by atoms with Gasteiger partial charge in [-0.25, -0.2) is 9.97 Å². The molecular weight excluding hydrogens is 372 g/mol. The van der Waals surface area contributed by atoms with E-state index in [0.29, 0.717) is 10.2 Å². The van der Waals surface area contributed by atoms with Crippen LogP contribution in [-0.4, -0.2) is 20.4 Å². The average molecular weight is 392 g/mol.